The highest BCUT2D eigenvalue weighted by molar-refractivity contribution is 5.13. The quantitative estimate of drug-likeness (QED) is 0.673. The number of rotatable bonds is 5. The maximum absolute atomic E-state index is 5.96. The van der Waals surface area contributed by atoms with Crippen LogP contribution in [0.1, 0.15) is 32.8 Å². The van der Waals surface area contributed by atoms with Crippen molar-refractivity contribution in [3.05, 3.63) is 48.6 Å². The van der Waals surface area contributed by atoms with Gasteiger partial charge in [-0.3, -0.25) is 0 Å². The summed E-state index contributed by atoms with van der Waals surface area (Å²) < 4.78 is 5.96. The van der Waals surface area contributed by atoms with Gasteiger partial charge in [-0.25, -0.2) is 0 Å². The molecule has 0 saturated carbocycles. The second-order valence-corrected chi connectivity index (χ2v) is 5.18. The first-order valence-electron chi connectivity index (χ1n) is 5.80. The minimum Gasteiger partial charge on any atom is -0.373 e. The zero-order chi connectivity index (χ0) is 12.0. The monoisotopic (exact) mass is 218 g/mol. The molecular weight excluding hydrogens is 196 g/mol. The summed E-state index contributed by atoms with van der Waals surface area (Å²) in [6.45, 7) is 11.1. The van der Waals surface area contributed by atoms with Crippen molar-refractivity contribution in [1.29, 1.82) is 0 Å². The first kappa shape index (κ1) is 13.0. The molecule has 0 amide bonds. The molecule has 0 saturated heterocycles. The maximum atomic E-state index is 5.96. The molecule has 0 N–H and O–H groups in total. The van der Waals surface area contributed by atoms with Crippen molar-refractivity contribution in [2.45, 2.75) is 39.9 Å². The van der Waals surface area contributed by atoms with Crippen molar-refractivity contribution < 1.29 is 4.74 Å². The highest BCUT2D eigenvalue weighted by atomic mass is 16.5. The molecular formula is C15H22O. The molecule has 1 atom stereocenters. The van der Waals surface area contributed by atoms with Gasteiger partial charge < -0.3 is 4.74 Å². The second-order valence-electron chi connectivity index (χ2n) is 5.18. The molecule has 1 aromatic carbocycles. The Labute approximate surface area is 99.1 Å². The van der Waals surface area contributed by atoms with Crippen LogP contribution in [0.25, 0.3) is 0 Å². The average molecular weight is 218 g/mol. The molecule has 1 aromatic rings. The van der Waals surface area contributed by atoms with E-state index in [0.29, 0.717) is 6.61 Å². The molecule has 0 unspecified atom stereocenters. The van der Waals surface area contributed by atoms with Crippen LogP contribution in [-0.4, -0.2) is 6.10 Å². The van der Waals surface area contributed by atoms with E-state index < -0.39 is 0 Å². The summed E-state index contributed by atoms with van der Waals surface area (Å²) in [5.41, 5.74) is 1.38. The average Bonchev–Trinajstić information content (AvgIpc) is 2.24. The Balaban J connectivity index is 2.54. The zero-order valence-electron chi connectivity index (χ0n) is 10.6. The van der Waals surface area contributed by atoms with Crippen LogP contribution in [0.5, 0.6) is 0 Å². The number of benzene rings is 1. The predicted octanol–water partition coefficient (Wildman–Crippen LogP) is 4.19. The van der Waals surface area contributed by atoms with Gasteiger partial charge in [-0.1, -0.05) is 57.2 Å². The molecule has 1 rings (SSSR count). The summed E-state index contributed by atoms with van der Waals surface area (Å²) in [6.07, 6.45) is 3.06. The van der Waals surface area contributed by atoms with Crippen molar-refractivity contribution in [2.75, 3.05) is 0 Å². The van der Waals surface area contributed by atoms with Gasteiger partial charge in [-0.15, -0.1) is 6.58 Å². The summed E-state index contributed by atoms with van der Waals surface area (Å²) in [7, 11) is 0. The fraction of sp³-hybridized carbons (Fsp3) is 0.467. The lowest BCUT2D eigenvalue weighted by molar-refractivity contribution is -0.0257. The summed E-state index contributed by atoms with van der Waals surface area (Å²) in [5, 5.41) is 0. The lowest BCUT2D eigenvalue weighted by Gasteiger charge is -2.30. The van der Waals surface area contributed by atoms with Gasteiger partial charge in [0, 0.05) is 0 Å². The maximum Gasteiger partial charge on any atom is 0.0721 e. The molecule has 0 aromatic heterocycles. The summed E-state index contributed by atoms with van der Waals surface area (Å²) in [6, 6.07) is 10.3. The molecule has 16 heavy (non-hydrogen) atoms. The van der Waals surface area contributed by atoms with Crippen molar-refractivity contribution in [1.82, 2.24) is 0 Å². The van der Waals surface area contributed by atoms with E-state index in [9.17, 15) is 0 Å². The third-order valence-corrected chi connectivity index (χ3v) is 2.64. The van der Waals surface area contributed by atoms with E-state index in [4.69, 9.17) is 4.74 Å². The molecule has 0 radical (unpaired) electrons. The molecule has 0 aliphatic heterocycles. The van der Waals surface area contributed by atoms with Crippen LogP contribution < -0.4 is 0 Å². The first-order chi connectivity index (χ1) is 7.54. The van der Waals surface area contributed by atoms with E-state index in [1.54, 1.807) is 0 Å². The van der Waals surface area contributed by atoms with E-state index in [0.717, 1.165) is 6.42 Å². The van der Waals surface area contributed by atoms with Gasteiger partial charge in [0.25, 0.3) is 0 Å². The Hall–Kier alpha value is -1.08. The Morgan fingerprint density at radius 3 is 2.38 bits per heavy atom. The van der Waals surface area contributed by atoms with Crippen LogP contribution in [0, 0.1) is 5.41 Å². The molecule has 0 aliphatic carbocycles. The first-order valence-corrected chi connectivity index (χ1v) is 5.80. The lowest BCUT2D eigenvalue weighted by Crippen LogP contribution is -2.28. The summed E-state index contributed by atoms with van der Waals surface area (Å²) in [5.74, 6) is 0. The van der Waals surface area contributed by atoms with E-state index in [1.807, 2.05) is 24.3 Å². The van der Waals surface area contributed by atoms with Crippen LogP contribution in [0.4, 0.5) is 0 Å². The topological polar surface area (TPSA) is 9.23 Å². The van der Waals surface area contributed by atoms with E-state index >= 15 is 0 Å². The third-order valence-electron chi connectivity index (χ3n) is 2.64. The Bertz CT molecular complexity index is 308. The summed E-state index contributed by atoms with van der Waals surface area (Å²) in [4.78, 5) is 0. The fourth-order valence-corrected chi connectivity index (χ4v) is 1.59. The van der Waals surface area contributed by atoms with Crippen molar-refractivity contribution in [3.8, 4) is 0 Å². The lowest BCUT2D eigenvalue weighted by atomic mass is 9.87. The van der Waals surface area contributed by atoms with E-state index in [-0.39, 0.29) is 11.5 Å². The molecule has 0 heterocycles. The third kappa shape index (κ3) is 4.19. The van der Waals surface area contributed by atoms with Gasteiger partial charge >= 0.3 is 0 Å². The zero-order valence-corrected chi connectivity index (χ0v) is 10.6. The smallest absolute Gasteiger partial charge is 0.0721 e. The predicted molar refractivity (Wildman–Crippen MR) is 69.3 cm³/mol. The Morgan fingerprint density at radius 2 is 1.88 bits per heavy atom. The number of ether oxygens (including phenoxy) is 1. The molecule has 0 bridgehead atoms. The van der Waals surface area contributed by atoms with Gasteiger partial charge in [0.1, 0.15) is 0 Å². The standard InChI is InChI=1S/C15H22O/c1-5-9-14(15(2,3)4)16-12-13-10-7-6-8-11-13/h5-8,10-11,14H,1,9,12H2,2-4H3/t14-/m1/s1. The van der Waals surface area contributed by atoms with Gasteiger partial charge in [0.2, 0.25) is 0 Å². The van der Waals surface area contributed by atoms with Crippen molar-refractivity contribution in [3.63, 3.8) is 0 Å². The number of hydrogen-bond donors (Lipinski definition) is 0. The van der Waals surface area contributed by atoms with Crippen LogP contribution in [0.3, 0.4) is 0 Å². The van der Waals surface area contributed by atoms with Crippen LogP contribution in [-0.2, 0) is 11.3 Å². The van der Waals surface area contributed by atoms with Crippen LogP contribution in [0.2, 0.25) is 0 Å². The largest absolute Gasteiger partial charge is 0.373 e. The van der Waals surface area contributed by atoms with Crippen LogP contribution in [0.15, 0.2) is 43.0 Å². The molecule has 0 spiro atoms. The molecule has 0 aliphatic rings. The number of hydrogen-bond acceptors (Lipinski definition) is 1. The van der Waals surface area contributed by atoms with Gasteiger partial charge in [0.15, 0.2) is 0 Å². The minimum atomic E-state index is 0.156. The van der Waals surface area contributed by atoms with E-state index in [1.165, 1.54) is 5.56 Å². The van der Waals surface area contributed by atoms with Crippen molar-refractivity contribution in [2.24, 2.45) is 5.41 Å². The van der Waals surface area contributed by atoms with Crippen molar-refractivity contribution >= 4 is 0 Å². The van der Waals surface area contributed by atoms with Crippen LogP contribution >= 0.6 is 0 Å². The fourth-order valence-electron chi connectivity index (χ4n) is 1.59. The van der Waals surface area contributed by atoms with Gasteiger partial charge in [-0.05, 0) is 17.4 Å². The Kier molecular flexibility index (Phi) is 4.75. The molecule has 88 valence electrons. The highest BCUT2D eigenvalue weighted by Gasteiger charge is 2.23. The normalized spacial score (nSPS) is 13.4. The van der Waals surface area contributed by atoms with E-state index in [2.05, 4.69) is 39.5 Å². The molecule has 0 fully saturated rings. The van der Waals surface area contributed by atoms with Gasteiger partial charge in [0.05, 0.1) is 12.7 Å². The SMILES string of the molecule is C=CC[C@@H](OCc1ccccc1)C(C)(C)C. The Morgan fingerprint density at radius 1 is 1.25 bits per heavy atom. The highest BCUT2D eigenvalue weighted by Crippen LogP contribution is 2.26. The second kappa shape index (κ2) is 5.86. The molecule has 1 nitrogen and oxygen atoms in total. The van der Waals surface area contributed by atoms with Gasteiger partial charge in [-0.2, -0.15) is 0 Å². The minimum absolute atomic E-state index is 0.156. The molecule has 1 heteroatoms. The summed E-state index contributed by atoms with van der Waals surface area (Å²) >= 11 is 0.